The molecular formula is C21H19NO5S. The molecule has 0 amide bonds. The maximum absolute atomic E-state index is 13.1. The Kier molecular flexibility index (Phi) is 5.31. The predicted molar refractivity (Wildman–Crippen MR) is 106 cm³/mol. The van der Waals surface area contributed by atoms with Crippen LogP contribution in [0.15, 0.2) is 65.6 Å². The number of fused-ring (bicyclic) bond motifs is 1. The van der Waals surface area contributed by atoms with Gasteiger partial charge in [0.25, 0.3) is 0 Å². The highest BCUT2D eigenvalue weighted by Crippen LogP contribution is 2.25. The van der Waals surface area contributed by atoms with E-state index in [2.05, 4.69) is 0 Å². The summed E-state index contributed by atoms with van der Waals surface area (Å²) in [5.74, 6) is -1.27. The van der Waals surface area contributed by atoms with E-state index in [1.165, 1.54) is 38.4 Å². The van der Waals surface area contributed by atoms with Crippen LogP contribution in [0.1, 0.15) is 21.5 Å². The fraction of sp³-hybridized carbons (Fsp3) is 0.143. The molecule has 0 saturated heterocycles. The summed E-state index contributed by atoms with van der Waals surface area (Å²) in [7, 11) is -0.704. The normalized spacial score (nSPS) is 11.7. The third-order valence-electron chi connectivity index (χ3n) is 4.42. The maximum Gasteiger partial charge on any atom is 0.307 e. The molecule has 3 rings (SSSR count). The molecule has 0 radical (unpaired) electrons. The number of carboxylic acids is 1. The van der Waals surface area contributed by atoms with E-state index in [-0.39, 0.29) is 17.1 Å². The summed E-state index contributed by atoms with van der Waals surface area (Å²) in [4.78, 5) is 24.3. The Morgan fingerprint density at radius 1 is 0.964 bits per heavy atom. The Balaban J connectivity index is 2.07. The largest absolute Gasteiger partial charge is 0.481 e. The van der Waals surface area contributed by atoms with Crippen molar-refractivity contribution >= 4 is 32.5 Å². The second-order valence-electron chi connectivity index (χ2n) is 6.58. The van der Waals surface area contributed by atoms with Gasteiger partial charge in [0.15, 0.2) is 5.78 Å². The lowest BCUT2D eigenvalue weighted by Crippen LogP contribution is -2.22. The quantitative estimate of drug-likeness (QED) is 0.646. The molecule has 0 fully saturated rings. The first-order valence-electron chi connectivity index (χ1n) is 8.51. The number of carbonyl (C=O) groups is 2. The number of aliphatic carboxylic acids is 1. The van der Waals surface area contributed by atoms with Crippen LogP contribution in [0.5, 0.6) is 0 Å². The Morgan fingerprint density at radius 2 is 1.61 bits per heavy atom. The van der Waals surface area contributed by atoms with Gasteiger partial charge < -0.3 is 5.11 Å². The van der Waals surface area contributed by atoms with E-state index in [0.29, 0.717) is 22.1 Å². The molecule has 0 heterocycles. The molecule has 6 nitrogen and oxygen atoms in total. The topological polar surface area (TPSA) is 91.8 Å². The molecular weight excluding hydrogens is 378 g/mol. The van der Waals surface area contributed by atoms with Crippen molar-refractivity contribution in [3.8, 4) is 0 Å². The number of hydrogen-bond donors (Lipinski definition) is 1. The molecule has 7 heteroatoms. The zero-order valence-electron chi connectivity index (χ0n) is 15.4. The monoisotopic (exact) mass is 397 g/mol. The van der Waals surface area contributed by atoms with Crippen LogP contribution in [-0.2, 0) is 21.2 Å². The summed E-state index contributed by atoms with van der Waals surface area (Å²) in [6, 6.07) is 16.3. The van der Waals surface area contributed by atoms with Crippen LogP contribution in [-0.4, -0.2) is 43.7 Å². The van der Waals surface area contributed by atoms with Crippen molar-refractivity contribution in [1.29, 1.82) is 0 Å². The van der Waals surface area contributed by atoms with Crippen molar-refractivity contribution in [3.63, 3.8) is 0 Å². The number of hydrogen-bond acceptors (Lipinski definition) is 4. The smallest absolute Gasteiger partial charge is 0.307 e. The standard InChI is InChI=1S/C21H19NO5S/c1-22(2)28(26,27)17-9-7-15(8-10-17)21(25)19-12-14(13-20(23)24)11-16-5-3-4-6-18(16)19/h3-12H,13H2,1-2H3,(H,23,24). The number of rotatable bonds is 6. The van der Waals surface area contributed by atoms with Gasteiger partial charge >= 0.3 is 5.97 Å². The molecule has 1 N–H and O–H groups in total. The minimum Gasteiger partial charge on any atom is -0.481 e. The van der Waals surface area contributed by atoms with Crippen molar-refractivity contribution in [3.05, 3.63) is 77.4 Å². The average molecular weight is 397 g/mol. The van der Waals surface area contributed by atoms with Gasteiger partial charge in [-0.15, -0.1) is 0 Å². The van der Waals surface area contributed by atoms with E-state index < -0.39 is 16.0 Å². The van der Waals surface area contributed by atoms with Crippen LogP contribution >= 0.6 is 0 Å². The molecule has 0 saturated carbocycles. The summed E-state index contributed by atoms with van der Waals surface area (Å²) >= 11 is 0. The Labute approximate surface area is 163 Å². The summed E-state index contributed by atoms with van der Waals surface area (Å²) < 4.78 is 25.5. The van der Waals surface area contributed by atoms with E-state index in [0.717, 1.165) is 9.69 Å². The van der Waals surface area contributed by atoms with Crippen LogP contribution in [0, 0.1) is 0 Å². The van der Waals surface area contributed by atoms with Gasteiger partial charge in [0, 0.05) is 25.2 Å². The van der Waals surface area contributed by atoms with Crippen molar-refractivity contribution in [1.82, 2.24) is 4.31 Å². The van der Waals surface area contributed by atoms with E-state index in [1.54, 1.807) is 18.2 Å². The van der Waals surface area contributed by atoms with Crippen LogP contribution in [0.3, 0.4) is 0 Å². The van der Waals surface area contributed by atoms with Gasteiger partial charge in [-0.1, -0.05) is 30.3 Å². The second-order valence-corrected chi connectivity index (χ2v) is 8.73. The fourth-order valence-corrected chi connectivity index (χ4v) is 3.88. The SMILES string of the molecule is CN(C)S(=O)(=O)c1ccc(C(=O)c2cc(CC(=O)O)cc3ccccc23)cc1. The molecule has 28 heavy (non-hydrogen) atoms. The first kappa shape index (κ1) is 19.7. The molecule has 3 aromatic carbocycles. The van der Waals surface area contributed by atoms with Crippen molar-refractivity contribution in [2.24, 2.45) is 0 Å². The molecule has 0 aromatic heterocycles. The summed E-state index contributed by atoms with van der Waals surface area (Å²) in [6.07, 6.45) is -0.189. The first-order chi connectivity index (χ1) is 13.2. The van der Waals surface area contributed by atoms with Gasteiger partial charge in [-0.05, 0) is 46.7 Å². The van der Waals surface area contributed by atoms with Crippen LogP contribution < -0.4 is 0 Å². The van der Waals surface area contributed by atoms with Crippen molar-refractivity contribution in [2.45, 2.75) is 11.3 Å². The van der Waals surface area contributed by atoms with E-state index in [1.807, 2.05) is 18.2 Å². The van der Waals surface area contributed by atoms with E-state index >= 15 is 0 Å². The summed E-state index contributed by atoms with van der Waals surface area (Å²) in [5, 5.41) is 10.6. The minimum atomic E-state index is -3.58. The van der Waals surface area contributed by atoms with Gasteiger partial charge in [-0.2, -0.15) is 0 Å². The van der Waals surface area contributed by atoms with Gasteiger partial charge in [0.1, 0.15) is 0 Å². The summed E-state index contributed by atoms with van der Waals surface area (Å²) in [5.41, 5.74) is 1.24. The highest BCUT2D eigenvalue weighted by Gasteiger charge is 2.19. The van der Waals surface area contributed by atoms with E-state index in [9.17, 15) is 18.0 Å². The highest BCUT2D eigenvalue weighted by molar-refractivity contribution is 7.89. The van der Waals surface area contributed by atoms with Crippen molar-refractivity contribution in [2.75, 3.05) is 14.1 Å². The van der Waals surface area contributed by atoms with Gasteiger partial charge in [0.05, 0.1) is 11.3 Å². The van der Waals surface area contributed by atoms with Crippen LogP contribution in [0.4, 0.5) is 0 Å². The fourth-order valence-electron chi connectivity index (χ4n) is 2.98. The molecule has 3 aromatic rings. The lowest BCUT2D eigenvalue weighted by atomic mass is 9.94. The molecule has 0 aliphatic rings. The van der Waals surface area contributed by atoms with Crippen molar-refractivity contribution < 1.29 is 23.1 Å². The minimum absolute atomic E-state index is 0.0959. The Bertz CT molecular complexity index is 1170. The lowest BCUT2D eigenvalue weighted by molar-refractivity contribution is -0.136. The molecule has 0 aliphatic carbocycles. The number of carbonyl (C=O) groups excluding carboxylic acids is 1. The van der Waals surface area contributed by atoms with E-state index in [4.69, 9.17) is 5.11 Å². The molecule has 0 unspecified atom stereocenters. The van der Waals surface area contributed by atoms with Crippen LogP contribution in [0.25, 0.3) is 10.8 Å². The lowest BCUT2D eigenvalue weighted by Gasteiger charge is -2.12. The molecule has 0 aliphatic heterocycles. The predicted octanol–water partition coefficient (Wildman–Crippen LogP) is 2.95. The zero-order valence-corrected chi connectivity index (χ0v) is 16.2. The number of sulfonamides is 1. The zero-order chi connectivity index (χ0) is 20.5. The molecule has 144 valence electrons. The summed E-state index contributed by atoms with van der Waals surface area (Å²) in [6.45, 7) is 0. The Hall–Kier alpha value is -3.03. The molecule has 0 atom stereocenters. The molecule has 0 spiro atoms. The third-order valence-corrected chi connectivity index (χ3v) is 6.25. The first-order valence-corrected chi connectivity index (χ1v) is 9.95. The van der Waals surface area contributed by atoms with Gasteiger partial charge in [-0.3, -0.25) is 9.59 Å². The van der Waals surface area contributed by atoms with Gasteiger partial charge in [-0.25, -0.2) is 12.7 Å². The second kappa shape index (κ2) is 7.53. The van der Waals surface area contributed by atoms with Crippen LogP contribution in [0.2, 0.25) is 0 Å². The average Bonchev–Trinajstić information content (AvgIpc) is 2.66. The third kappa shape index (κ3) is 3.81. The van der Waals surface area contributed by atoms with Gasteiger partial charge in [0.2, 0.25) is 10.0 Å². The number of nitrogens with zero attached hydrogens (tertiary/aromatic N) is 1. The molecule has 0 bridgehead atoms. The number of carboxylic acid groups (broad SMARTS) is 1. The maximum atomic E-state index is 13.1. The number of benzene rings is 3. The number of ketones is 1. The highest BCUT2D eigenvalue weighted by atomic mass is 32.2. The Morgan fingerprint density at radius 3 is 2.21 bits per heavy atom.